The Balaban J connectivity index is 2.23. The fourth-order valence-electron chi connectivity index (χ4n) is 1.74. The first kappa shape index (κ1) is 12.6. The molecule has 0 radical (unpaired) electrons. The monoisotopic (exact) mass is 246 g/mol. The summed E-state index contributed by atoms with van der Waals surface area (Å²) in [6.45, 7) is 5.80. The molecule has 2 N–H and O–H groups in total. The smallest absolute Gasteiger partial charge is 0.171 e. The van der Waals surface area contributed by atoms with Gasteiger partial charge in [0.2, 0.25) is 0 Å². The minimum atomic E-state index is -0.0686. The van der Waals surface area contributed by atoms with E-state index in [4.69, 9.17) is 10.5 Å². The van der Waals surface area contributed by atoms with Crippen LogP contribution in [0, 0.1) is 13.8 Å². The lowest BCUT2D eigenvalue weighted by atomic mass is 10.2. The standard InChI is InChI=1S/C13H18N4O/c1-8(14)12-6-5-11(7-15-12)18-13-9(2)16-17(4)10(13)3/h5-8H,14H2,1-4H3/t8-/m1/s1. The molecule has 0 spiro atoms. The van der Waals surface area contributed by atoms with Crippen LogP contribution in [0.15, 0.2) is 18.3 Å². The third-order valence-electron chi connectivity index (χ3n) is 2.89. The van der Waals surface area contributed by atoms with Gasteiger partial charge >= 0.3 is 0 Å². The van der Waals surface area contributed by atoms with Crippen molar-refractivity contribution in [3.8, 4) is 11.5 Å². The molecule has 5 nitrogen and oxygen atoms in total. The Kier molecular flexibility index (Phi) is 3.34. The lowest BCUT2D eigenvalue weighted by molar-refractivity contribution is 0.471. The molecule has 0 aliphatic rings. The Morgan fingerprint density at radius 2 is 2.06 bits per heavy atom. The van der Waals surface area contributed by atoms with E-state index in [-0.39, 0.29) is 6.04 Å². The number of aryl methyl sites for hydroxylation is 2. The van der Waals surface area contributed by atoms with Gasteiger partial charge in [0.1, 0.15) is 11.4 Å². The van der Waals surface area contributed by atoms with E-state index < -0.39 is 0 Å². The maximum atomic E-state index is 5.81. The van der Waals surface area contributed by atoms with Gasteiger partial charge in [-0.1, -0.05) is 0 Å². The predicted octanol–water partition coefficient (Wildman–Crippen LogP) is 2.24. The van der Waals surface area contributed by atoms with Crippen molar-refractivity contribution in [2.45, 2.75) is 26.8 Å². The zero-order chi connectivity index (χ0) is 13.3. The minimum Gasteiger partial charge on any atom is -0.452 e. The summed E-state index contributed by atoms with van der Waals surface area (Å²) in [5.41, 5.74) is 8.46. The normalized spacial score (nSPS) is 12.5. The van der Waals surface area contributed by atoms with E-state index in [2.05, 4.69) is 10.1 Å². The number of ether oxygens (including phenoxy) is 1. The molecule has 0 bridgehead atoms. The molecule has 0 saturated carbocycles. The Bertz CT molecular complexity index is 543. The van der Waals surface area contributed by atoms with Gasteiger partial charge in [0.05, 0.1) is 17.6 Å². The molecule has 1 atom stereocenters. The largest absolute Gasteiger partial charge is 0.452 e. The van der Waals surface area contributed by atoms with Gasteiger partial charge in [-0.2, -0.15) is 5.10 Å². The number of pyridine rings is 1. The highest BCUT2D eigenvalue weighted by molar-refractivity contribution is 5.36. The first-order valence-corrected chi connectivity index (χ1v) is 5.88. The molecule has 18 heavy (non-hydrogen) atoms. The highest BCUT2D eigenvalue weighted by Crippen LogP contribution is 2.27. The van der Waals surface area contributed by atoms with Crippen LogP contribution in [0.4, 0.5) is 0 Å². The third-order valence-corrected chi connectivity index (χ3v) is 2.89. The number of nitrogens with two attached hydrogens (primary N) is 1. The maximum Gasteiger partial charge on any atom is 0.171 e. The summed E-state index contributed by atoms with van der Waals surface area (Å²) in [5.74, 6) is 1.48. The van der Waals surface area contributed by atoms with E-state index in [9.17, 15) is 0 Å². The second-order valence-electron chi connectivity index (χ2n) is 4.43. The van der Waals surface area contributed by atoms with Gasteiger partial charge in [-0.25, -0.2) is 0 Å². The van der Waals surface area contributed by atoms with Crippen LogP contribution in [0.1, 0.15) is 30.0 Å². The van der Waals surface area contributed by atoms with Gasteiger partial charge in [-0.15, -0.1) is 0 Å². The third kappa shape index (κ3) is 2.36. The van der Waals surface area contributed by atoms with Gasteiger partial charge < -0.3 is 10.5 Å². The van der Waals surface area contributed by atoms with E-state index in [1.165, 1.54) is 0 Å². The zero-order valence-electron chi connectivity index (χ0n) is 11.1. The molecule has 96 valence electrons. The summed E-state index contributed by atoms with van der Waals surface area (Å²) in [4.78, 5) is 4.26. The van der Waals surface area contributed by atoms with Crippen molar-refractivity contribution in [3.63, 3.8) is 0 Å². The SMILES string of the molecule is Cc1nn(C)c(C)c1Oc1ccc([C@@H](C)N)nc1. The molecule has 0 fully saturated rings. The van der Waals surface area contributed by atoms with E-state index in [1.54, 1.807) is 10.9 Å². The number of hydrogen-bond acceptors (Lipinski definition) is 4. The van der Waals surface area contributed by atoms with E-state index in [1.807, 2.05) is 40.0 Å². The highest BCUT2D eigenvalue weighted by atomic mass is 16.5. The average molecular weight is 246 g/mol. The molecular formula is C13H18N4O. The average Bonchev–Trinajstić information content (AvgIpc) is 2.57. The van der Waals surface area contributed by atoms with Crippen LogP contribution >= 0.6 is 0 Å². The summed E-state index contributed by atoms with van der Waals surface area (Å²) in [7, 11) is 1.90. The molecule has 5 heteroatoms. The van der Waals surface area contributed by atoms with Crippen molar-refractivity contribution in [1.82, 2.24) is 14.8 Å². The molecule has 0 aromatic carbocycles. The molecule has 2 heterocycles. The van der Waals surface area contributed by atoms with Crippen molar-refractivity contribution in [2.75, 3.05) is 0 Å². The molecule has 2 aromatic heterocycles. The first-order valence-electron chi connectivity index (χ1n) is 5.88. The topological polar surface area (TPSA) is 66.0 Å². The quantitative estimate of drug-likeness (QED) is 0.902. The maximum absolute atomic E-state index is 5.81. The van der Waals surface area contributed by atoms with Crippen molar-refractivity contribution in [2.24, 2.45) is 12.8 Å². The van der Waals surface area contributed by atoms with Gasteiger partial charge in [0, 0.05) is 13.1 Å². The zero-order valence-corrected chi connectivity index (χ0v) is 11.1. The second kappa shape index (κ2) is 4.78. The molecular weight excluding hydrogens is 228 g/mol. The molecule has 2 rings (SSSR count). The molecule has 0 amide bonds. The van der Waals surface area contributed by atoms with E-state index >= 15 is 0 Å². The van der Waals surface area contributed by atoms with Gasteiger partial charge in [0.15, 0.2) is 5.75 Å². The summed E-state index contributed by atoms with van der Waals surface area (Å²) in [6, 6.07) is 3.68. The van der Waals surface area contributed by atoms with Crippen LogP contribution in [0.5, 0.6) is 11.5 Å². The van der Waals surface area contributed by atoms with E-state index in [0.29, 0.717) is 5.75 Å². The van der Waals surface area contributed by atoms with Crippen molar-refractivity contribution < 1.29 is 4.74 Å². The Morgan fingerprint density at radius 1 is 1.33 bits per heavy atom. The van der Waals surface area contributed by atoms with Crippen molar-refractivity contribution in [1.29, 1.82) is 0 Å². The summed E-state index contributed by atoms with van der Waals surface area (Å²) in [6.07, 6.45) is 1.69. The summed E-state index contributed by atoms with van der Waals surface area (Å²) < 4.78 is 7.61. The molecule has 0 unspecified atom stereocenters. The highest BCUT2D eigenvalue weighted by Gasteiger charge is 2.12. The van der Waals surface area contributed by atoms with E-state index in [0.717, 1.165) is 22.8 Å². The number of aromatic nitrogens is 3. The van der Waals surface area contributed by atoms with Crippen LogP contribution in [0.2, 0.25) is 0 Å². The summed E-state index contributed by atoms with van der Waals surface area (Å²) >= 11 is 0. The van der Waals surface area contributed by atoms with Crippen molar-refractivity contribution in [3.05, 3.63) is 35.4 Å². The van der Waals surface area contributed by atoms with Crippen LogP contribution < -0.4 is 10.5 Å². The summed E-state index contributed by atoms with van der Waals surface area (Å²) in [5, 5.41) is 4.30. The fraction of sp³-hybridized carbons (Fsp3) is 0.385. The second-order valence-corrected chi connectivity index (χ2v) is 4.43. The molecule has 0 saturated heterocycles. The number of nitrogens with zero attached hydrogens (tertiary/aromatic N) is 3. The molecule has 0 aliphatic carbocycles. The lowest BCUT2D eigenvalue weighted by Gasteiger charge is -2.08. The van der Waals surface area contributed by atoms with Gasteiger partial charge in [-0.05, 0) is 32.9 Å². The lowest BCUT2D eigenvalue weighted by Crippen LogP contribution is -2.06. The van der Waals surface area contributed by atoms with Crippen LogP contribution in [-0.4, -0.2) is 14.8 Å². The van der Waals surface area contributed by atoms with Crippen LogP contribution in [0.25, 0.3) is 0 Å². The molecule has 2 aromatic rings. The Hall–Kier alpha value is -1.88. The number of rotatable bonds is 3. The Labute approximate surface area is 107 Å². The Morgan fingerprint density at radius 3 is 2.50 bits per heavy atom. The fourth-order valence-corrected chi connectivity index (χ4v) is 1.74. The minimum absolute atomic E-state index is 0.0686. The van der Waals surface area contributed by atoms with Gasteiger partial charge in [-0.3, -0.25) is 9.67 Å². The molecule has 0 aliphatic heterocycles. The predicted molar refractivity (Wildman–Crippen MR) is 69.6 cm³/mol. The first-order chi connectivity index (χ1) is 8.49. The van der Waals surface area contributed by atoms with Gasteiger partial charge in [0.25, 0.3) is 0 Å². The van der Waals surface area contributed by atoms with Crippen LogP contribution in [0.3, 0.4) is 0 Å². The van der Waals surface area contributed by atoms with Crippen LogP contribution in [-0.2, 0) is 7.05 Å². The van der Waals surface area contributed by atoms with Crippen molar-refractivity contribution >= 4 is 0 Å². The number of hydrogen-bond donors (Lipinski definition) is 1.